The van der Waals surface area contributed by atoms with Crippen molar-refractivity contribution < 1.29 is 9.18 Å². The van der Waals surface area contributed by atoms with Crippen molar-refractivity contribution in [2.45, 2.75) is 50.0 Å². The summed E-state index contributed by atoms with van der Waals surface area (Å²) >= 11 is 1.61. The number of thioether (sulfide) groups is 1. The zero-order valence-corrected chi connectivity index (χ0v) is 13.7. The molecule has 0 bridgehead atoms. The Morgan fingerprint density at radius 2 is 1.95 bits per heavy atom. The van der Waals surface area contributed by atoms with Crippen molar-refractivity contribution in [2.24, 2.45) is 5.92 Å². The first-order valence-corrected chi connectivity index (χ1v) is 8.70. The topological polar surface area (TPSA) is 20.3 Å². The molecule has 4 heteroatoms. The molecule has 2 unspecified atom stereocenters. The highest BCUT2D eigenvalue weighted by Crippen LogP contribution is 2.28. The summed E-state index contributed by atoms with van der Waals surface area (Å²) in [5.74, 6) is 1.36. The molecular weight excluding hydrogens is 285 g/mol. The Bertz CT molecular complexity index is 462. The van der Waals surface area contributed by atoms with Gasteiger partial charge in [0.25, 0.3) is 0 Å². The third-order valence-electron chi connectivity index (χ3n) is 4.36. The molecule has 1 aromatic rings. The van der Waals surface area contributed by atoms with E-state index in [4.69, 9.17) is 0 Å². The van der Waals surface area contributed by atoms with E-state index >= 15 is 0 Å². The van der Waals surface area contributed by atoms with E-state index in [1.807, 2.05) is 11.9 Å². The molecule has 21 heavy (non-hydrogen) atoms. The number of hydrogen-bond acceptors (Lipinski definition) is 2. The number of carbonyl (C=O) groups is 1. The lowest BCUT2D eigenvalue weighted by molar-refractivity contribution is -0.133. The Morgan fingerprint density at radius 3 is 2.62 bits per heavy atom. The number of hydrogen-bond donors (Lipinski definition) is 0. The lowest BCUT2D eigenvalue weighted by Gasteiger charge is -2.36. The van der Waals surface area contributed by atoms with Gasteiger partial charge in [-0.1, -0.05) is 19.8 Å². The molecule has 1 aliphatic carbocycles. The van der Waals surface area contributed by atoms with Gasteiger partial charge in [0, 0.05) is 30.2 Å². The van der Waals surface area contributed by atoms with Gasteiger partial charge < -0.3 is 4.90 Å². The predicted molar refractivity (Wildman–Crippen MR) is 85.9 cm³/mol. The lowest BCUT2D eigenvalue weighted by atomic mass is 9.85. The van der Waals surface area contributed by atoms with Crippen molar-refractivity contribution in [3.05, 3.63) is 30.1 Å². The molecule has 116 valence electrons. The van der Waals surface area contributed by atoms with Gasteiger partial charge >= 0.3 is 0 Å². The van der Waals surface area contributed by atoms with Gasteiger partial charge in [0.2, 0.25) is 5.91 Å². The van der Waals surface area contributed by atoms with Crippen LogP contribution in [0.15, 0.2) is 29.2 Å². The molecule has 1 aliphatic rings. The minimum Gasteiger partial charge on any atom is -0.342 e. The molecule has 0 aromatic heterocycles. The number of nitrogens with zero attached hydrogens (tertiary/aromatic N) is 1. The van der Waals surface area contributed by atoms with E-state index in [1.165, 1.54) is 31.4 Å². The maximum atomic E-state index is 12.8. The van der Waals surface area contributed by atoms with Crippen molar-refractivity contribution in [3.63, 3.8) is 0 Å². The first-order chi connectivity index (χ1) is 10.1. The predicted octanol–water partition coefficient (Wildman–Crippen LogP) is 4.35. The second-order valence-electron chi connectivity index (χ2n) is 5.89. The highest BCUT2D eigenvalue weighted by Gasteiger charge is 2.27. The molecule has 0 saturated heterocycles. The first-order valence-electron chi connectivity index (χ1n) is 7.72. The van der Waals surface area contributed by atoms with E-state index < -0.39 is 0 Å². The quantitative estimate of drug-likeness (QED) is 0.754. The van der Waals surface area contributed by atoms with Crippen LogP contribution in [0, 0.1) is 11.7 Å². The van der Waals surface area contributed by atoms with E-state index in [1.54, 1.807) is 23.9 Å². The lowest BCUT2D eigenvalue weighted by Crippen LogP contribution is -2.42. The summed E-state index contributed by atoms with van der Waals surface area (Å²) in [5, 5.41) is 0. The molecule has 0 N–H and O–H groups in total. The number of amides is 1. The van der Waals surface area contributed by atoms with E-state index in [9.17, 15) is 9.18 Å². The van der Waals surface area contributed by atoms with Crippen LogP contribution in [0.1, 0.15) is 39.0 Å². The summed E-state index contributed by atoms with van der Waals surface area (Å²) in [4.78, 5) is 15.3. The van der Waals surface area contributed by atoms with Crippen LogP contribution in [-0.4, -0.2) is 29.6 Å². The van der Waals surface area contributed by atoms with Crippen LogP contribution < -0.4 is 0 Å². The highest BCUT2D eigenvalue weighted by molar-refractivity contribution is 7.99. The van der Waals surface area contributed by atoms with Gasteiger partial charge in [-0.2, -0.15) is 0 Å². The Morgan fingerprint density at radius 1 is 1.29 bits per heavy atom. The minimum atomic E-state index is -0.221. The van der Waals surface area contributed by atoms with E-state index in [-0.39, 0.29) is 11.7 Å². The van der Waals surface area contributed by atoms with Crippen molar-refractivity contribution in [2.75, 3.05) is 12.8 Å². The van der Waals surface area contributed by atoms with E-state index in [0.717, 1.165) is 17.1 Å². The average Bonchev–Trinajstić information content (AvgIpc) is 2.49. The SMILES string of the molecule is CC1CCCCC1N(C)C(=O)CCSc1ccc(F)cc1. The Kier molecular flexibility index (Phi) is 6.09. The fraction of sp³-hybridized carbons (Fsp3) is 0.588. The van der Waals surface area contributed by atoms with Gasteiger partial charge in [0.15, 0.2) is 0 Å². The van der Waals surface area contributed by atoms with Gasteiger partial charge in [-0.25, -0.2) is 4.39 Å². The summed E-state index contributed by atoms with van der Waals surface area (Å²) in [5.41, 5.74) is 0. The summed E-state index contributed by atoms with van der Waals surface area (Å²) in [7, 11) is 1.94. The van der Waals surface area contributed by atoms with Crippen LogP contribution in [0.5, 0.6) is 0 Å². The number of benzene rings is 1. The van der Waals surface area contributed by atoms with Crippen LogP contribution >= 0.6 is 11.8 Å². The summed E-state index contributed by atoms with van der Waals surface area (Å²) < 4.78 is 12.8. The average molecular weight is 309 g/mol. The Hall–Kier alpha value is -1.03. The fourth-order valence-corrected chi connectivity index (χ4v) is 3.86. The third-order valence-corrected chi connectivity index (χ3v) is 5.37. The molecule has 0 spiro atoms. The van der Waals surface area contributed by atoms with Crippen molar-refractivity contribution >= 4 is 17.7 Å². The molecular formula is C17H24FNOS. The molecule has 2 atom stereocenters. The second-order valence-corrected chi connectivity index (χ2v) is 7.05. The molecule has 1 saturated carbocycles. The van der Waals surface area contributed by atoms with Crippen LogP contribution in [-0.2, 0) is 4.79 Å². The van der Waals surface area contributed by atoms with Gasteiger partial charge in [-0.3, -0.25) is 4.79 Å². The van der Waals surface area contributed by atoms with Crippen LogP contribution in [0.25, 0.3) is 0 Å². The van der Waals surface area contributed by atoms with Crippen LogP contribution in [0.2, 0.25) is 0 Å². The van der Waals surface area contributed by atoms with E-state index in [0.29, 0.717) is 18.4 Å². The molecule has 2 rings (SSSR count). The zero-order chi connectivity index (χ0) is 15.2. The van der Waals surface area contributed by atoms with Crippen molar-refractivity contribution in [3.8, 4) is 0 Å². The first kappa shape index (κ1) is 16.3. The smallest absolute Gasteiger partial charge is 0.223 e. The summed E-state index contributed by atoms with van der Waals surface area (Å²) in [6.45, 7) is 2.25. The maximum Gasteiger partial charge on any atom is 0.223 e. The molecule has 1 aromatic carbocycles. The van der Waals surface area contributed by atoms with Crippen molar-refractivity contribution in [1.82, 2.24) is 4.90 Å². The maximum absolute atomic E-state index is 12.8. The Balaban J connectivity index is 1.77. The highest BCUT2D eigenvalue weighted by atomic mass is 32.2. The Labute approximate surface area is 131 Å². The van der Waals surface area contributed by atoms with Gasteiger partial charge in [0.05, 0.1) is 0 Å². The summed E-state index contributed by atoms with van der Waals surface area (Å²) in [6, 6.07) is 6.84. The number of halogens is 1. The van der Waals surface area contributed by atoms with Gasteiger partial charge in [0.1, 0.15) is 5.82 Å². The molecule has 0 aliphatic heterocycles. The molecule has 1 amide bonds. The second kappa shape index (κ2) is 7.83. The normalized spacial score (nSPS) is 22.0. The van der Waals surface area contributed by atoms with Gasteiger partial charge in [-0.05, 0) is 43.0 Å². The van der Waals surface area contributed by atoms with Crippen LogP contribution in [0.4, 0.5) is 4.39 Å². The summed E-state index contributed by atoms with van der Waals surface area (Å²) in [6.07, 6.45) is 5.43. The standard InChI is InChI=1S/C17H24FNOS/c1-13-5-3-4-6-16(13)19(2)17(20)11-12-21-15-9-7-14(18)8-10-15/h7-10,13,16H,3-6,11-12H2,1-2H3. The van der Waals surface area contributed by atoms with Crippen molar-refractivity contribution in [1.29, 1.82) is 0 Å². The van der Waals surface area contributed by atoms with Gasteiger partial charge in [-0.15, -0.1) is 11.8 Å². The number of carbonyl (C=O) groups excluding carboxylic acids is 1. The molecule has 0 heterocycles. The number of rotatable bonds is 5. The largest absolute Gasteiger partial charge is 0.342 e. The molecule has 1 fully saturated rings. The monoisotopic (exact) mass is 309 g/mol. The fourth-order valence-electron chi connectivity index (χ4n) is 3.02. The van der Waals surface area contributed by atoms with E-state index in [2.05, 4.69) is 6.92 Å². The zero-order valence-electron chi connectivity index (χ0n) is 12.8. The van der Waals surface area contributed by atoms with Crippen LogP contribution in [0.3, 0.4) is 0 Å². The molecule has 2 nitrogen and oxygen atoms in total. The minimum absolute atomic E-state index is 0.221. The third kappa shape index (κ3) is 4.73. The molecule has 0 radical (unpaired) electrons.